The van der Waals surface area contributed by atoms with Crippen molar-refractivity contribution in [2.24, 2.45) is 4.99 Å². The van der Waals surface area contributed by atoms with Gasteiger partial charge in [-0.3, -0.25) is 0 Å². The largest absolute Gasteiger partial charge is 0.493 e. The van der Waals surface area contributed by atoms with Crippen LogP contribution in [0.15, 0.2) is 35.3 Å². The highest BCUT2D eigenvalue weighted by molar-refractivity contribution is 5.79. The van der Waals surface area contributed by atoms with E-state index in [1.807, 2.05) is 12.1 Å². The molecular weight excluding hydrogens is 392 g/mol. The Morgan fingerprint density at radius 3 is 2.39 bits per heavy atom. The van der Waals surface area contributed by atoms with Crippen molar-refractivity contribution in [3.63, 3.8) is 0 Å². The molecule has 7 heteroatoms. The van der Waals surface area contributed by atoms with Gasteiger partial charge in [-0.25, -0.2) is 4.99 Å². The van der Waals surface area contributed by atoms with Crippen LogP contribution in [0.2, 0.25) is 0 Å². The first kappa shape index (κ1) is 22.6. The minimum absolute atomic E-state index is 0.487. The average Bonchev–Trinajstić information content (AvgIpc) is 2.80. The van der Waals surface area contributed by atoms with Gasteiger partial charge in [0.1, 0.15) is 0 Å². The van der Waals surface area contributed by atoms with Gasteiger partial charge in [0.2, 0.25) is 5.75 Å². The molecule has 0 saturated heterocycles. The maximum Gasteiger partial charge on any atom is 0.203 e. The Kier molecular flexibility index (Phi) is 7.87. The van der Waals surface area contributed by atoms with Gasteiger partial charge in [-0.1, -0.05) is 12.1 Å². The lowest BCUT2D eigenvalue weighted by Crippen LogP contribution is -2.36. The zero-order valence-electron chi connectivity index (χ0n) is 19.2. The molecule has 31 heavy (non-hydrogen) atoms. The number of aliphatic imine (C=N–C) groups is 1. The molecular formula is C24H34N4O3. The number of nitrogens with one attached hydrogen (secondary N) is 2. The number of aryl methyl sites for hydroxylation is 1. The van der Waals surface area contributed by atoms with Crippen LogP contribution in [0.5, 0.6) is 17.2 Å². The van der Waals surface area contributed by atoms with Gasteiger partial charge >= 0.3 is 0 Å². The third-order valence-corrected chi connectivity index (χ3v) is 5.44. The Balaban J connectivity index is 1.71. The van der Waals surface area contributed by atoms with Crippen molar-refractivity contribution in [2.75, 3.05) is 46.4 Å². The molecule has 0 spiro atoms. The number of anilines is 1. The normalized spacial score (nSPS) is 13.5. The summed E-state index contributed by atoms with van der Waals surface area (Å²) in [6.45, 7) is 5.18. The summed E-state index contributed by atoms with van der Waals surface area (Å²) in [5.74, 6) is 2.61. The highest BCUT2D eigenvalue weighted by Gasteiger charge is 2.14. The molecule has 7 nitrogen and oxygen atoms in total. The summed E-state index contributed by atoms with van der Waals surface area (Å²) in [6, 6.07) is 10.6. The molecule has 0 aliphatic carbocycles. The summed E-state index contributed by atoms with van der Waals surface area (Å²) in [5, 5.41) is 6.76. The maximum atomic E-state index is 5.44. The molecule has 0 aromatic heterocycles. The summed E-state index contributed by atoms with van der Waals surface area (Å²) in [4.78, 5) is 7.07. The number of rotatable bonds is 8. The first-order valence-electron chi connectivity index (χ1n) is 10.7. The summed E-state index contributed by atoms with van der Waals surface area (Å²) in [7, 11) is 7.00. The third kappa shape index (κ3) is 5.54. The van der Waals surface area contributed by atoms with Crippen LogP contribution in [-0.2, 0) is 19.5 Å². The summed E-state index contributed by atoms with van der Waals surface area (Å²) < 4.78 is 16.3. The van der Waals surface area contributed by atoms with Crippen LogP contribution in [0.3, 0.4) is 0 Å². The molecule has 0 amide bonds. The number of guanidine groups is 1. The van der Waals surface area contributed by atoms with E-state index in [2.05, 4.69) is 47.7 Å². The molecule has 1 aliphatic heterocycles. The van der Waals surface area contributed by atoms with Crippen LogP contribution in [0.25, 0.3) is 0 Å². The van der Waals surface area contributed by atoms with Crippen LogP contribution < -0.4 is 29.7 Å². The second-order valence-corrected chi connectivity index (χ2v) is 7.57. The van der Waals surface area contributed by atoms with E-state index in [1.54, 1.807) is 21.3 Å². The van der Waals surface area contributed by atoms with Gasteiger partial charge in [-0.2, -0.15) is 0 Å². The lowest BCUT2D eigenvalue weighted by Gasteiger charge is -2.28. The monoisotopic (exact) mass is 426 g/mol. The Morgan fingerprint density at radius 2 is 1.74 bits per heavy atom. The number of methoxy groups -OCH3 is 3. The van der Waals surface area contributed by atoms with Gasteiger partial charge in [0, 0.05) is 32.4 Å². The second-order valence-electron chi connectivity index (χ2n) is 7.57. The van der Waals surface area contributed by atoms with Crippen LogP contribution in [-0.4, -0.2) is 47.4 Å². The van der Waals surface area contributed by atoms with Gasteiger partial charge in [0.25, 0.3) is 0 Å². The third-order valence-electron chi connectivity index (χ3n) is 5.44. The van der Waals surface area contributed by atoms with Crippen molar-refractivity contribution in [3.8, 4) is 17.2 Å². The van der Waals surface area contributed by atoms with E-state index in [1.165, 1.54) is 23.2 Å². The molecule has 168 valence electrons. The molecule has 1 aliphatic rings. The molecule has 0 unspecified atom stereocenters. The van der Waals surface area contributed by atoms with Crippen molar-refractivity contribution in [1.82, 2.24) is 10.6 Å². The molecule has 0 saturated carbocycles. The van der Waals surface area contributed by atoms with Gasteiger partial charge in [-0.05, 0) is 54.7 Å². The van der Waals surface area contributed by atoms with E-state index in [-0.39, 0.29) is 0 Å². The van der Waals surface area contributed by atoms with Gasteiger partial charge in [-0.15, -0.1) is 0 Å². The molecule has 0 radical (unpaired) electrons. The lowest BCUT2D eigenvalue weighted by molar-refractivity contribution is 0.324. The zero-order valence-corrected chi connectivity index (χ0v) is 19.2. The highest BCUT2D eigenvalue weighted by atomic mass is 16.5. The van der Waals surface area contributed by atoms with Crippen LogP contribution in [0, 0.1) is 0 Å². The summed E-state index contributed by atoms with van der Waals surface area (Å²) in [6.07, 6.45) is 2.35. The second kappa shape index (κ2) is 10.8. The molecule has 0 bridgehead atoms. The van der Waals surface area contributed by atoms with Crippen molar-refractivity contribution in [2.45, 2.75) is 32.9 Å². The molecule has 0 fully saturated rings. The topological polar surface area (TPSA) is 67.4 Å². The van der Waals surface area contributed by atoms with E-state index in [4.69, 9.17) is 19.2 Å². The van der Waals surface area contributed by atoms with Crippen LogP contribution in [0.1, 0.15) is 30.0 Å². The maximum absolute atomic E-state index is 5.44. The van der Waals surface area contributed by atoms with Crippen LogP contribution >= 0.6 is 0 Å². The number of hydrogen-bond donors (Lipinski definition) is 2. The molecule has 2 aromatic rings. The van der Waals surface area contributed by atoms with Gasteiger partial charge in [0.15, 0.2) is 17.5 Å². The smallest absolute Gasteiger partial charge is 0.203 e. The summed E-state index contributed by atoms with van der Waals surface area (Å²) >= 11 is 0. The Morgan fingerprint density at radius 1 is 1.00 bits per heavy atom. The molecule has 1 heterocycles. The SMILES string of the molecule is CCNC(=NCc1cc(OC)c(OC)c(OC)c1)NCc1ccc2c(c1)CCCN2C. The predicted molar refractivity (Wildman–Crippen MR) is 126 cm³/mol. The van der Waals surface area contributed by atoms with E-state index >= 15 is 0 Å². The van der Waals surface area contributed by atoms with E-state index in [0.717, 1.165) is 37.6 Å². The van der Waals surface area contributed by atoms with Gasteiger partial charge < -0.3 is 29.7 Å². The fourth-order valence-corrected chi connectivity index (χ4v) is 3.87. The minimum atomic E-state index is 0.487. The molecule has 3 rings (SSSR count). The van der Waals surface area contributed by atoms with Crippen molar-refractivity contribution >= 4 is 11.6 Å². The fourth-order valence-electron chi connectivity index (χ4n) is 3.87. The van der Waals surface area contributed by atoms with E-state index in [9.17, 15) is 0 Å². The zero-order chi connectivity index (χ0) is 22.2. The number of fused-ring (bicyclic) bond motifs is 1. The Labute approximate surface area is 185 Å². The molecule has 2 aromatic carbocycles. The van der Waals surface area contributed by atoms with E-state index < -0.39 is 0 Å². The van der Waals surface area contributed by atoms with Crippen molar-refractivity contribution in [3.05, 3.63) is 47.0 Å². The molecule has 0 atom stereocenters. The summed E-state index contributed by atoms with van der Waals surface area (Å²) in [5.41, 5.74) is 5.00. The highest BCUT2D eigenvalue weighted by Crippen LogP contribution is 2.38. The number of benzene rings is 2. The van der Waals surface area contributed by atoms with E-state index in [0.29, 0.717) is 23.8 Å². The predicted octanol–water partition coefficient (Wildman–Crippen LogP) is 3.35. The van der Waals surface area contributed by atoms with Crippen molar-refractivity contribution < 1.29 is 14.2 Å². The fraction of sp³-hybridized carbons (Fsp3) is 0.458. The number of nitrogens with zero attached hydrogens (tertiary/aromatic N) is 2. The molecule has 2 N–H and O–H groups in total. The standard InChI is InChI=1S/C24H34N4O3/c1-6-25-24(26-15-17-9-10-20-19(12-17)8-7-11-28(20)2)27-16-18-13-21(29-3)23(31-5)22(14-18)30-4/h9-10,12-14H,6-8,11,15-16H2,1-5H3,(H2,25,26,27). The Bertz CT molecular complexity index is 889. The first-order valence-corrected chi connectivity index (χ1v) is 10.7. The van der Waals surface area contributed by atoms with Crippen molar-refractivity contribution in [1.29, 1.82) is 0 Å². The Hall–Kier alpha value is -3.09. The quantitative estimate of drug-likeness (QED) is 0.499. The lowest BCUT2D eigenvalue weighted by atomic mass is 9.99. The minimum Gasteiger partial charge on any atom is -0.493 e. The van der Waals surface area contributed by atoms with Crippen LogP contribution in [0.4, 0.5) is 5.69 Å². The first-order chi connectivity index (χ1) is 15.1. The number of ether oxygens (including phenoxy) is 3. The average molecular weight is 427 g/mol. The van der Waals surface area contributed by atoms with Gasteiger partial charge in [0.05, 0.1) is 27.9 Å². The number of hydrogen-bond acceptors (Lipinski definition) is 5.